The third-order valence-corrected chi connectivity index (χ3v) is 6.07. The normalized spacial score (nSPS) is 30.5. The quantitative estimate of drug-likeness (QED) is 0.915. The molecule has 128 valence electrons. The Hall–Kier alpha value is -0.610. The van der Waals surface area contributed by atoms with E-state index in [1.54, 1.807) is 0 Å². The number of hydrogen-bond acceptors (Lipinski definition) is 3. The maximum Gasteiger partial charge on any atom is 0.0728 e. The summed E-state index contributed by atoms with van der Waals surface area (Å²) in [6, 6.07) is 7.96. The van der Waals surface area contributed by atoms with Crippen molar-refractivity contribution in [1.82, 2.24) is 9.80 Å². The van der Waals surface area contributed by atoms with Gasteiger partial charge in [-0.2, -0.15) is 0 Å². The number of piperazine rings is 1. The molecule has 3 nitrogen and oxygen atoms in total. The molecule has 1 heterocycles. The van der Waals surface area contributed by atoms with Gasteiger partial charge in [-0.3, -0.25) is 0 Å². The molecule has 0 spiro atoms. The summed E-state index contributed by atoms with van der Waals surface area (Å²) in [6.07, 6.45) is 5.08. The topological polar surface area (TPSA) is 26.7 Å². The summed E-state index contributed by atoms with van der Waals surface area (Å²) in [4.78, 5) is 4.92. The van der Waals surface area contributed by atoms with Crippen LogP contribution in [0.1, 0.15) is 31.2 Å². The first-order valence-corrected chi connectivity index (χ1v) is 9.31. The standard InChI is InChI=1S/C19H29ClN2O/c1-21-10-12-22(13-11-21)15-17-7-4-5-9-19(17,23)14-16-6-2-3-8-18(16)20/h2-3,6,8,17,23H,4-5,7,9-15H2,1H3. The van der Waals surface area contributed by atoms with E-state index in [0.29, 0.717) is 12.3 Å². The lowest BCUT2D eigenvalue weighted by Gasteiger charge is -2.44. The highest BCUT2D eigenvalue weighted by Gasteiger charge is 2.40. The Labute approximate surface area is 145 Å². The highest BCUT2D eigenvalue weighted by molar-refractivity contribution is 6.31. The van der Waals surface area contributed by atoms with Crippen molar-refractivity contribution in [1.29, 1.82) is 0 Å². The number of benzene rings is 1. The summed E-state index contributed by atoms with van der Waals surface area (Å²) in [5, 5.41) is 12.2. The fraction of sp³-hybridized carbons (Fsp3) is 0.684. The molecule has 3 rings (SSSR count). The van der Waals surface area contributed by atoms with Crippen LogP contribution in [-0.4, -0.2) is 60.3 Å². The summed E-state index contributed by atoms with van der Waals surface area (Å²) in [5.41, 5.74) is 0.481. The molecule has 4 heteroatoms. The Balaban J connectivity index is 1.68. The summed E-state index contributed by atoms with van der Waals surface area (Å²) in [5.74, 6) is 0.357. The van der Waals surface area contributed by atoms with E-state index in [1.165, 1.54) is 6.42 Å². The van der Waals surface area contributed by atoms with E-state index >= 15 is 0 Å². The molecule has 23 heavy (non-hydrogen) atoms. The number of hydrogen-bond donors (Lipinski definition) is 1. The average molecular weight is 337 g/mol. The molecular formula is C19H29ClN2O. The highest BCUT2D eigenvalue weighted by Crippen LogP contribution is 2.38. The van der Waals surface area contributed by atoms with E-state index in [2.05, 4.69) is 22.9 Å². The van der Waals surface area contributed by atoms with Crippen molar-refractivity contribution >= 4 is 11.6 Å². The van der Waals surface area contributed by atoms with Crippen LogP contribution in [0.5, 0.6) is 0 Å². The molecule has 1 aromatic rings. The molecule has 0 aromatic heterocycles. The van der Waals surface area contributed by atoms with Crippen molar-refractivity contribution in [3.05, 3.63) is 34.9 Å². The van der Waals surface area contributed by atoms with Gasteiger partial charge in [0.15, 0.2) is 0 Å². The second-order valence-corrected chi connectivity index (χ2v) is 7.83. The molecule has 1 saturated carbocycles. The van der Waals surface area contributed by atoms with E-state index < -0.39 is 5.60 Å². The molecular weight excluding hydrogens is 308 g/mol. The van der Waals surface area contributed by atoms with Crippen LogP contribution in [0.15, 0.2) is 24.3 Å². The van der Waals surface area contributed by atoms with Gasteiger partial charge in [0.2, 0.25) is 0 Å². The lowest BCUT2D eigenvalue weighted by Crippen LogP contribution is -2.52. The van der Waals surface area contributed by atoms with Gasteiger partial charge in [0.25, 0.3) is 0 Å². The largest absolute Gasteiger partial charge is 0.389 e. The van der Waals surface area contributed by atoms with E-state index in [4.69, 9.17) is 11.6 Å². The number of halogens is 1. The van der Waals surface area contributed by atoms with E-state index in [-0.39, 0.29) is 0 Å². The number of likely N-dealkylation sites (N-methyl/N-ethyl adjacent to an activating group) is 1. The van der Waals surface area contributed by atoms with Gasteiger partial charge in [-0.1, -0.05) is 42.6 Å². The first-order chi connectivity index (χ1) is 11.1. The van der Waals surface area contributed by atoms with Crippen molar-refractivity contribution < 1.29 is 5.11 Å². The lowest BCUT2D eigenvalue weighted by atomic mass is 9.72. The van der Waals surface area contributed by atoms with Crippen LogP contribution < -0.4 is 0 Å². The zero-order valence-electron chi connectivity index (χ0n) is 14.2. The average Bonchev–Trinajstić information content (AvgIpc) is 2.54. The van der Waals surface area contributed by atoms with Crippen molar-refractivity contribution in [3.8, 4) is 0 Å². The Morgan fingerprint density at radius 3 is 2.65 bits per heavy atom. The molecule has 2 aliphatic rings. The molecule has 0 radical (unpaired) electrons. The minimum atomic E-state index is -0.605. The van der Waals surface area contributed by atoms with Gasteiger partial charge < -0.3 is 14.9 Å². The van der Waals surface area contributed by atoms with Crippen LogP contribution in [0.3, 0.4) is 0 Å². The molecule has 2 fully saturated rings. The SMILES string of the molecule is CN1CCN(CC2CCCCC2(O)Cc2ccccc2Cl)CC1. The van der Waals surface area contributed by atoms with Gasteiger partial charge in [-0.25, -0.2) is 0 Å². The Morgan fingerprint density at radius 2 is 1.91 bits per heavy atom. The third kappa shape index (κ3) is 4.27. The molecule has 2 atom stereocenters. The molecule has 1 saturated heterocycles. The van der Waals surface area contributed by atoms with E-state index in [0.717, 1.165) is 62.6 Å². The summed E-state index contributed by atoms with van der Waals surface area (Å²) >= 11 is 6.33. The smallest absolute Gasteiger partial charge is 0.0728 e. The van der Waals surface area contributed by atoms with Gasteiger partial charge in [-0.15, -0.1) is 0 Å². The second kappa shape index (κ2) is 7.52. The molecule has 1 aliphatic heterocycles. The summed E-state index contributed by atoms with van der Waals surface area (Å²) < 4.78 is 0. The lowest BCUT2D eigenvalue weighted by molar-refractivity contribution is -0.0620. The van der Waals surface area contributed by atoms with Crippen molar-refractivity contribution in [3.63, 3.8) is 0 Å². The molecule has 1 aliphatic carbocycles. The first-order valence-electron chi connectivity index (χ1n) is 8.93. The van der Waals surface area contributed by atoms with Crippen LogP contribution in [0.2, 0.25) is 5.02 Å². The maximum absolute atomic E-state index is 11.4. The Morgan fingerprint density at radius 1 is 1.17 bits per heavy atom. The predicted octanol–water partition coefficient (Wildman–Crippen LogP) is 3.05. The fourth-order valence-corrected chi connectivity index (χ4v) is 4.30. The van der Waals surface area contributed by atoms with E-state index in [9.17, 15) is 5.11 Å². The van der Waals surface area contributed by atoms with Crippen LogP contribution in [0.4, 0.5) is 0 Å². The number of aliphatic hydroxyl groups is 1. The van der Waals surface area contributed by atoms with Gasteiger partial charge in [0, 0.05) is 50.1 Å². The maximum atomic E-state index is 11.4. The Kier molecular flexibility index (Phi) is 5.63. The molecule has 2 unspecified atom stereocenters. The van der Waals surface area contributed by atoms with Crippen LogP contribution in [0, 0.1) is 5.92 Å². The monoisotopic (exact) mass is 336 g/mol. The van der Waals surface area contributed by atoms with Gasteiger partial charge in [-0.05, 0) is 31.5 Å². The molecule has 0 amide bonds. The Bertz CT molecular complexity index is 516. The van der Waals surface area contributed by atoms with Gasteiger partial charge >= 0.3 is 0 Å². The predicted molar refractivity (Wildman–Crippen MR) is 96.0 cm³/mol. The van der Waals surface area contributed by atoms with Crippen molar-refractivity contribution in [2.45, 2.75) is 37.7 Å². The number of rotatable bonds is 4. The minimum Gasteiger partial charge on any atom is -0.389 e. The van der Waals surface area contributed by atoms with Crippen molar-refractivity contribution in [2.24, 2.45) is 5.92 Å². The van der Waals surface area contributed by atoms with Crippen LogP contribution in [0.25, 0.3) is 0 Å². The summed E-state index contributed by atoms with van der Waals surface area (Å²) in [7, 11) is 2.19. The zero-order valence-corrected chi connectivity index (χ0v) is 14.9. The zero-order chi connectivity index (χ0) is 16.3. The molecule has 1 N–H and O–H groups in total. The van der Waals surface area contributed by atoms with Gasteiger partial charge in [0.05, 0.1) is 5.60 Å². The van der Waals surface area contributed by atoms with Crippen LogP contribution >= 0.6 is 11.6 Å². The third-order valence-electron chi connectivity index (χ3n) is 5.70. The highest BCUT2D eigenvalue weighted by atomic mass is 35.5. The van der Waals surface area contributed by atoms with Crippen LogP contribution in [-0.2, 0) is 6.42 Å². The van der Waals surface area contributed by atoms with Gasteiger partial charge in [0.1, 0.15) is 0 Å². The first kappa shape index (κ1) is 17.2. The summed E-state index contributed by atoms with van der Waals surface area (Å²) in [6.45, 7) is 5.53. The van der Waals surface area contributed by atoms with Crippen molar-refractivity contribution in [2.75, 3.05) is 39.8 Å². The fourth-order valence-electron chi connectivity index (χ4n) is 4.10. The number of nitrogens with zero attached hydrogens (tertiary/aromatic N) is 2. The van der Waals surface area contributed by atoms with E-state index in [1.807, 2.05) is 18.2 Å². The second-order valence-electron chi connectivity index (χ2n) is 7.42. The molecule has 0 bridgehead atoms. The molecule has 1 aromatic carbocycles. The minimum absolute atomic E-state index is 0.357.